The van der Waals surface area contributed by atoms with Crippen LogP contribution in [-0.4, -0.2) is 18.4 Å². The van der Waals surface area contributed by atoms with Gasteiger partial charge < -0.3 is 10.6 Å². The zero-order valence-corrected chi connectivity index (χ0v) is 15.9. The Balaban J connectivity index is 1.39. The number of carbonyl (C=O) groups excluding carboxylic acids is 2. The number of anilines is 1. The van der Waals surface area contributed by atoms with Crippen LogP contribution in [0, 0.1) is 0 Å². The number of hydrogen-bond acceptors (Lipinski definition) is 4. The molecule has 146 valence electrons. The Bertz CT molecular complexity index is 955. The molecule has 0 radical (unpaired) electrons. The second kappa shape index (κ2) is 10.5. The Kier molecular flexibility index (Phi) is 7.23. The molecule has 6 nitrogen and oxygen atoms in total. The molecule has 29 heavy (non-hydrogen) atoms. The summed E-state index contributed by atoms with van der Waals surface area (Å²) in [7, 11) is 0. The average Bonchev–Trinajstić information content (AvgIpc) is 2.77. The van der Waals surface area contributed by atoms with E-state index in [1.165, 1.54) is 0 Å². The summed E-state index contributed by atoms with van der Waals surface area (Å²) < 4.78 is 0. The molecular formula is C23H22N4O2. The summed E-state index contributed by atoms with van der Waals surface area (Å²) in [5, 5.41) is 14.0. The highest BCUT2D eigenvalue weighted by Crippen LogP contribution is 2.20. The Morgan fingerprint density at radius 2 is 1.31 bits per heavy atom. The SMILES string of the molecule is O=C(CCCNC(=O)c1ccccc1)Nc1ccc(N=Nc2ccccc2)cc1. The Morgan fingerprint density at radius 3 is 1.97 bits per heavy atom. The first-order valence-corrected chi connectivity index (χ1v) is 9.41. The fourth-order valence-electron chi connectivity index (χ4n) is 2.59. The quantitative estimate of drug-likeness (QED) is 0.409. The van der Waals surface area contributed by atoms with Crippen molar-refractivity contribution in [1.82, 2.24) is 5.32 Å². The van der Waals surface area contributed by atoms with Gasteiger partial charge in [0.05, 0.1) is 11.4 Å². The lowest BCUT2D eigenvalue weighted by atomic mass is 10.2. The maximum Gasteiger partial charge on any atom is 0.251 e. The van der Waals surface area contributed by atoms with Crippen LogP contribution in [0.25, 0.3) is 0 Å². The number of nitrogens with one attached hydrogen (secondary N) is 2. The topological polar surface area (TPSA) is 82.9 Å². The lowest BCUT2D eigenvalue weighted by molar-refractivity contribution is -0.116. The van der Waals surface area contributed by atoms with E-state index in [0.29, 0.717) is 36.3 Å². The van der Waals surface area contributed by atoms with Crippen LogP contribution in [0.15, 0.2) is 95.2 Å². The first-order chi connectivity index (χ1) is 14.2. The summed E-state index contributed by atoms with van der Waals surface area (Å²) in [6, 6.07) is 25.6. The van der Waals surface area contributed by atoms with E-state index in [9.17, 15) is 9.59 Å². The number of carbonyl (C=O) groups is 2. The predicted octanol–water partition coefficient (Wildman–Crippen LogP) is 5.25. The molecule has 0 aliphatic heterocycles. The largest absolute Gasteiger partial charge is 0.352 e. The summed E-state index contributed by atoms with van der Waals surface area (Å²) in [5.41, 5.74) is 2.79. The van der Waals surface area contributed by atoms with Gasteiger partial charge in [-0.15, -0.1) is 0 Å². The van der Waals surface area contributed by atoms with Gasteiger partial charge in [-0.05, 0) is 55.0 Å². The molecule has 0 aromatic heterocycles. The van der Waals surface area contributed by atoms with E-state index in [2.05, 4.69) is 20.9 Å². The number of amides is 2. The number of azo groups is 1. The van der Waals surface area contributed by atoms with E-state index in [1.807, 2.05) is 48.5 Å². The molecule has 0 fully saturated rings. The van der Waals surface area contributed by atoms with Crippen LogP contribution in [0.3, 0.4) is 0 Å². The molecular weight excluding hydrogens is 364 g/mol. The highest BCUT2D eigenvalue weighted by Gasteiger charge is 2.05. The van der Waals surface area contributed by atoms with Crippen molar-refractivity contribution in [3.05, 3.63) is 90.5 Å². The molecule has 0 unspecified atom stereocenters. The minimum absolute atomic E-state index is 0.0994. The van der Waals surface area contributed by atoms with Gasteiger partial charge in [0.2, 0.25) is 5.91 Å². The van der Waals surface area contributed by atoms with Crippen molar-refractivity contribution in [2.24, 2.45) is 10.2 Å². The zero-order chi connectivity index (χ0) is 20.3. The third-order valence-electron chi connectivity index (χ3n) is 4.09. The van der Waals surface area contributed by atoms with Crippen molar-refractivity contribution in [2.45, 2.75) is 12.8 Å². The van der Waals surface area contributed by atoms with Gasteiger partial charge in [0.25, 0.3) is 5.91 Å². The molecule has 0 aliphatic carbocycles. The summed E-state index contributed by atoms with van der Waals surface area (Å²) in [6.45, 7) is 0.444. The molecule has 0 heterocycles. The molecule has 0 saturated heterocycles. The summed E-state index contributed by atoms with van der Waals surface area (Å²) in [5.74, 6) is -0.233. The highest BCUT2D eigenvalue weighted by atomic mass is 16.2. The number of rotatable bonds is 8. The number of benzene rings is 3. The normalized spacial score (nSPS) is 10.6. The predicted molar refractivity (Wildman–Crippen MR) is 114 cm³/mol. The molecule has 6 heteroatoms. The zero-order valence-electron chi connectivity index (χ0n) is 15.9. The van der Waals surface area contributed by atoms with Crippen molar-refractivity contribution in [1.29, 1.82) is 0 Å². The van der Waals surface area contributed by atoms with Crippen LogP contribution in [0.2, 0.25) is 0 Å². The number of hydrogen-bond donors (Lipinski definition) is 2. The maximum absolute atomic E-state index is 12.1. The van der Waals surface area contributed by atoms with Gasteiger partial charge in [0.1, 0.15) is 0 Å². The molecule has 0 aliphatic rings. The molecule has 0 bridgehead atoms. The summed E-state index contributed by atoms with van der Waals surface area (Å²) in [4.78, 5) is 24.0. The monoisotopic (exact) mass is 386 g/mol. The molecule has 0 saturated carbocycles. The second-order valence-corrected chi connectivity index (χ2v) is 6.36. The lowest BCUT2D eigenvalue weighted by Crippen LogP contribution is -2.25. The van der Waals surface area contributed by atoms with Crippen molar-refractivity contribution in [2.75, 3.05) is 11.9 Å². The standard InChI is InChI=1S/C23H22N4O2/c28-22(12-7-17-24-23(29)18-8-3-1-4-9-18)25-19-13-15-21(16-14-19)27-26-20-10-5-2-6-11-20/h1-6,8-11,13-16H,7,12,17H2,(H,24,29)(H,25,28). The van der Waals surface area contributed by atoms with Crippen molar-refractivity contribution in [3.63, 3.8) is 0 Å². The molecule has 0 spiro atoms. The highest BCUT2D eigenvalue weighted by molar-refractivity contribution is 5.94. The molecule has 3 aromatic rings. The van der Waals surface area contributed by atoms with E-state index in [4.69, 9.17) is 0 Å². The van der Waals surface area contributed by atoms with Gasteiger partial charge >= 0.3 is 0 Å². The van der Waals surface area contributed by atoms with Gasteiger partial charge in [0.15, 0.2) is 0 Å². The van der Waals surface area contributed by atoms with E-state index >= 15 is 0 Å². The van der Waals surface area contributed by atoms with Crippen LogP contribution in [0.4, 0.5) is 17.1 Å². The van der Waals surface area contributed by atoms with Crippen LogP contribution in [0.1, 0.15) is 23.2 Å². The van der Waals surface area contributed by atoms with Crippen molar-refractivity contribution >= 4 is 28.9 Å². The maximum atomic E-state index is 12.1. The minimum atomic E-state index is -0.133. The first-order valence-electron chi connectivity index (χ1n) is 9.41. The van der Waals surface area contributed by atoms with Crippen LogP contribution in [-0.2, 0) is 4.79 Å². The van der Waals surface area contributed by atoms with E-state index in [1.54, 1.807) is 36.4 Å². The Hall–Kier alpha value is -3.80. The number of nitrogens with zero attached hydrogens (tertiary/aromatic N) is 2. The van der Waals surface area contributed by atoms with Gasteiger partial charge in [0, 0.05) is 24.2 Å². The fraction of sp³-hybridized carbons (Fsp3) is 0.130. The molecule has 2 N–H and O–H groups in total. The fourth-order valence-corrected chi connectivity index (χ4v) is 2.59. The summed E-state index contributed by atoms with van der Waals surface area (Å²) >= 11 is 0. The molecule has 2 amide bonds. The van der Waals surface area contributed by atoms with Crippen LogP contribution < -0.4 is 10.6 Å². The van der Waals surface area contributed by atoms with Gasteiger partial charge in [-0.25, -0.2) is 0 Å². The third kappa shape index (κ3) is 6.70. The summed E-state index contributed by atoms with van der Waals surface area (Å²) in [6.07, 6.45) is 0.887. The van der Waals surface area contributed by atoms with Gasteiger partial charge in [-0.2, -0.15) is 10.2 Å². The Morgan fingerprint density at radius 1 is 0.724 bits per heavy atom. The minimum Gasteiger partial charge on any atom is -0.352 e. The van der Waals surface area contributed by atoms with Crippen molar-refractivity contribution in [3.8, 4) is 0 Å². The molecule has 0 atom stereocenters. The molecule has 3 aromatic carbocycles. The lowest BCUT2D eigenvalue weighted by Gasteiger charge is -2.07. The third-order valence-corrected chi connectivity index (χ3v) is 4.09. The average molecular weight is 386 g/mol. The van der Waals surface area contributed by atoms with Crippen LogP contribution in [0.5, 0.6) is 0 Å². The van der Waals surface area contributed by atoms with E-state index in [-0.39, 0.29) is 11.8 Å². The van der Waals surface area contributed by atoms with E-state index in [0.717, 1.165) is 5.69 Å². The van der Waals surface area contributed by atoms with Crippen LogP contribution >= 0.6 is 0 Å². The van der Waals surface area contributed by atoms with Crippen molar-refractivity contribution < 1.29 is 9.59 Å². The van der Waals surface area contributed by atoms with Gasteiger partial charge in [-0.3, -0.25) is 9.59 Å². The Labute approximate surface area is 169 Å². The second-order valence-electron chi connectivity index (χ2n) is 6.36. The first kappa shape index (κ1) is 19.9. The van der Waals surface area contributed by atoms with E-state index < -0.39 is 0 Å². The molecule has 3 rings (SSSR count). The smallest absolute Gasteiger partial charge is 0.251 e. The van der Waals surface area contributed by atoms with Gasteiger partial charge in [-0.1, -0.05) is 36.4 Å².